The van der Waals surface area contributed by atoms with Crippen molar-refractivity contribution in [3.05, 3.63) is 36.4 Å². The van der Waals surface area contributed by atoms with Crippen LogP contribution in [0.1, 0.15) is 25.0 Å². The van der Waals surface area contributed by atoms with E-state index in [-0.39, 0.29) is 5.97 Å². The van der Waals surface area contributed by atoms with Crippen LogP contribution in [0, 0.1) is 0 Å². The Hall–Kier alpha value is -1.97. The Kier molecular flexibility index (Phi) is 5.24. The van der Waals surface area contributed by atoms with E-state index in [1.807, 2.05) is 12.1 Å². The maximum absolute atomic E-state index is 11.1. The van der Waals surface area contributed by atoms with Crippen LogP contribution in [0.2, 0.25) is 0 Å². The first-order valence-corrected chi connectivity index (χ1v) is 5.63. The second-order valence-corrected chi connectivity index (χ2v) is 3.71. The van der Waals surface area contributed by atoms with Gasteiger partial charge in [-0.15, -0.1) is 6.58 Å². The van der Waals surface area contributed by atoms with Crippen LogP contribution in [0.4, 0.5) is 0 Å². The van der Waals surface area contributed by atoms with Crippen molar-refractivity contribution >= 4 is 5.97 Å². The van der Waals surface area contributed by atoms with Gasteiger partial charge in [0.05, 0.1) is 14.2 Å². The molecule has 1 aromatic carbocycles. The highest BCUT2D eigenvalue weighted by Crippen LogP contribution is 2.37. The summed E-state index contributed by atoms with van der Waals surface area (Å²) in [6, 6.07) is 5.47. The molecule has 1 aromatic rings. The van der Waals surface area contributed by atoms with Crippen LogP contribution < -0.4 is 9.47 Å². The van der Waals surface area contributed by atoms with E-state index in [0.717, 1.165) is 5.56 Å². The van der Waals surface area contributed by atoms with Crippen LogP contribution in [0.5, 0.6) is 11.5 Å². The highest BCUT2D eigenvalue weighted by atomic mass is 16.5. The fourth-order valence-corrected chi connectivity index (χ4v) is 1.76. The summed E-state index contributed by atoms with van der Waals surface area (Å²) in [6.07, 6.45) is 1.81. The maximum atomic E-state index is 11.1. The van der Waals surface area contributed by atoms with E-state index in [4.69, 9.17) is 14.2 Å². The average Bonchev–Trinajstić information content (AvgIpc) is 2.36. The third kappa shape index (κ3) is 3.26. The molecule has 0 aliphatic rings. The van der Waals surface area contributed by atoms with Crippen molar-refractivity contribution in [3.8, 4) is 11.5 Å². The van der Waals surface area contributed by atoms with Gasteiger partial charge in [0, 0.05) is 18.9 Å². The van der Waals surface area contributed by atoms with Gasteiger partial charge in [-0.3, -0.25) is 4.79 Å². The number of hydrogen-bond donors (Lipinski definition) is 0. The van der Waals surface area contributed by atoms with Gasteiger partial charge in [-0.2, -0.15) is 0 Å². The molecule has 0 amide bonds. The van der Waals surface area contributed by atoms with Gasteiger partial charge in [-0.1, -0.05) is 18.2 Å². The van der Waals surface area contributed by atoms with Gasteiger partial charge in [0.1, 0.15) is 6.10 Å². The summed E-state index contributed by atoms with van der Waals surface area (Å²) in [4.78, 5) is 11.1. The predicted octanol–water partition coefficient (Wildman–Crippen LogP) is 2.88. The maximum Gasteiger partial charge on any atom is 0.303 e. The van der Waals surface area contributed by atoms with Crippen molar-refractivity contribution in [1.29, 1.82) is 0 Å². The van der Waals surface area contributed by atoms with Crippen molar-refractivity contribution in [2.75, 3.05) is 14.2 Å². The fourth-order valence-electron chi connectivity index (χ4n) is 1.76. The molecule has 0 spiro atoms. The Balaban J connectivity index is 3.17. The first-order chi connectivity index (χ1) is 8.63. The lowest BCUT2D eigenvalue weighted by molar-refractivity contribution is -0.146. The highest BCUT2D eigenvalue weighted by molar-refractivity contribution is 5.66. The smallest absolute Gasteiger partial charge is 0.303 e. The van der Waals surface area contributed by atoms with Crippen molar-refractivity contribution in [2.24, 2.45) is 0 Å². The van der Waals surface area contributed by atoms with Gasteiger partial charge in [0.2, 0.25) is 0 Å². The van der Waals surface area contributed by atoms with Crippen LogP contribution in [0.15, 0.2) is 30.9 Å². The Morgan fingerprint density at radius 3 is 2.61 bits per heavy atom. The zero-order valence-corrected chi connectivity index (χ0v) is 10.9. The number of rotatable bonds is 6. The summed E-state index contributed by atoms with van der Waals surface area (Å²) in [6.45, 7) is 5.05. The molecule has 0 aromatic heterocycles. The van der Waals surface area contributed by atoms with E-state index in [1.54, 1.807) is 26.4 Å². The number of esters is 1. The predicted molar refractivity (Wildman–Crippen MR) is 68.9 cm³/mol. The van der Waals surface area contributed by atoms with Crippen LogP contribution in [0.3, 0.4) is 0 Å². The molecule has 1 unspecified atom stereocenters. The number of benzene rings is 1. The molecular formula is C14H18O4. The van der Waals surface area contributed by atoms with Gasteiger partial charge in [0.15, 0.2) is 11.5 Å². The number of hydrogen-bond acceptors (Lipinski definition) is 4. The van der Waals surface area contributed by atoms with Gasteiger partial charge >= 0.3 is 5.97 Å². The lowest BCUT2D eigenvalue weighted by Gasteiger charge is -2.19. The van der Waals surface area contributed by atoms with Crippen molar-refractivity contribution in [3.63, 3.8) is 0 Å². The molecule has 1 rings (SSSR count). The van der Waals surface area contributed by atoms with E-state index in [0.29, 0.717) is 17.9 Å². The summed E-state index contributed by atoms with van der Waals surface area (Å²) in [5, 5.41) is 0. The standard InChI is InChI=1S/C14H18O4/c1-5-7-12(18-10(2)15)11-8-6-9-13(16-3)14(11)17-4/h5-6,8-9,12H,1,7H2,2-4H3. The molecule has 1 atom stereocenters. The molecule has 0 heterocycles. The molecule has 0 fully saturated rings. The lowest BCUT2D eigenvalue weighted by Crippen LogP contribution is -2.09. The van der Waals surface area contributed by atoms with E-state index in [2.05, 4.69) is 6.58 Å². The second kappa shape index (κ2) is 6.69. The molecule has 0 aliphatic carbocycles. The molecule has 98 valence electrons. The lowest BCUT2D eigenvalue weighted by atomic mass is 10.0. The fraction of sp³-hybridized carbons (Fsp3) is 0.357. The topological polar surface area (TPSA) is 44.8 Å². The van der Waals surface area contributed by atoms with Crippen molar-refractivity contribution in [2.45, 2.75) is 19.4 Å². The molecule has 0 N–H and O–H groups in total. The number of methoxy groups -OCH3 is 2. The van der Waals surface area contributed by atoms with E-state index < -0.39 is 6.10 Å². The van der Waals surface area contributed by atoms with Gasteiger partial charge in [0.25, 0.3) is 0 Å². The molecule has 4 heteroatoms. The third-order valence-electron chi connectivity index (χ3n) is 2.47. The number of para-hydroxylation sites is 1. The van der Waals surface area contributed by atoms with Crippen molar-refractivity contribution < 1.29 is 19.0 Å². The summed E-state index contributed by atoms with van der Waals surface area (Å²) < 4.78 is 15.8. The third-order valence-corrected chi connectivity index (χ3v) is 2.47. The van der Waals surface area contributed by atoms with Gasteiger partial charge < -0.3 is 14.2 Å². The first-order valence-electron chi connectivity index (χ1n) is 5.63. The zero-order valence-electron chi connectivity index (χ0n) is 10.9. The Morgan fingerprint density at radius 1 is 1.39 bits per heavy atom. The summed E-state index contributed by atoms with van der Waals surface area (Å²) in [5.74, 6) is 0.844. The van der Waals surface area contributed by atoms with Crippen LogP contribution in [-0.2, 0) is 9.53 Å². The Labute approximate surface area is 107 Å². The minimum absolute atomic E-state index is 0.341. The Bertz CT molecular complexity index is 426. The SMILES string of the molecule is C=CCC(OC(C)=O)c1cccc(OC)c1OC. The normalized spacial score (nSPS) is 11.5. The number of carbonyl (C=O) groups excluding carboxylic acids is 1. The number of ether oxygens (including phenoxy) is 3. The van der Waals surface area contributed by atoms with Gasteiger partial charge in [-0.25, -0.2) is 0 Å². The van der Waals surface area contributed by atoms with Crippen molar-refractivity contribution in [1.82, 2.24) is 0 Å². The van der Waals surface area contributed by atoms with Crippen LogP contribution in [-0.4, -0.2) is 20.2 Å². The molecule has 18 heavy (non-hydrogen) atoms. The molecule has 4 nitrogen and oxygen atoms in total. The summed E-state index contributed by atoms with van der Waals surface area (Å²) in [5.41, 5.74) is 0.770. The molecule has 0 radical (unpaired) electrons. The minimum Gasteiger partial charge on any atom is -0.493 e. The minimum atomic E-state index is -0.412. The summed E-state index contributed by atoms with van der Waals surface area (Å²) in [7, 11) is 3.12. The monoisotopic (exact) mass is 250 g/mol. The average molecular weight is 250 g/mol. The molecular weight excluding hydrogens is 232 g/mol. The Morgan fingerprint density at radius 2 is 2.11 bits per heavy atom. The molecule has 0 aliphatic heterocycles. The first kappa shape index (κ1) is 14.1. The zero-order chi connectivity index (χ0) is 13.5. The van der Waals surface area contributed by atoms with Gasteiger partial charge in [-0.05, 0) is 6.07 Å². The highest BCUT2D eigenvalue weighted by Gasteiger charge is 2.20. The summed E-state index contributed by atoms with van der Waals surface area (Å²) >= 11 is 0. The largest absolute Gasteiger partial charge is 0.493 e. The van der Waals surface area contributed by atoms with Crippen LogP contribution in [0.25, 0.3) is 0 Å². The van der Waals surface area contributed by atoms with E-state index in [9.17, 15) is 4.79 Å². The molecule has 0 bridgehead atoms. The second-order valence-electron chi connectivity index (χ2n) is 3.71. The van der Waals surface area contributed by atoms with E-state index >= 15 is 0 Å². The number of carbonyl (C=O) groups is 1. The van der Waals surface area contributed by atoms with E-state index in [1.165, 1.54) is 6.92 Å². The quantitative estimate of drug-likeness (QED) is 0.575. The molecule has 0 saturated heterocycles. The molecule has 0 saturated carbocycles. The van der Waals surface area contributed by atoms with Crippen LogP contribution >= 0.6 is 0 Å².